The molecule has 1 aliphatic rings. The first-order chi connectivity index (χ1) is 12.8. The van der Waals surface area contributed by atoms with E-state index >= 15 is 0 Å². The summed E-state index contributed by atoms with van der Waals surface area (Å²) in [6.45, 7) is -0.109. The van der Waals surface area contributed by atoms with Gasteiger partial charge in [0.1, 0.15) is 5.75 Å². The van der Waals surface area contributed by atoms with E-state index in [1.165, 1.54) is 11.0 Å². The Morgan fingerprint density at radius 1 is 0.769 bits per heavy atom. The van der Waals surface area contributed by atoms with Crippen LogP contribution in [0.2, 0.25) is 0 Å². The second kappa shape index (κ2) is 7.86. The fourth-order valence-electron chi connectivity index (χ4n) is 3.61. The molecule has 1 N–H and O–H groups in total. The number of hydrogen-bond donors (Lipinski definition) is 1. The number of fused-ring (bicyclic) bond motifs is 1. The van der Waals surface area contributed by atoms with Crippen molar-refractivity contribution in [1.29, 1.82) is 0 Å². The van der Waals surface area contributed by atoms with Crippen LogP contribution in [0.3, 0.4) is 0 Å². The maximum absolute atomic E-state index is 9.13. The second-order valence-corrected chi connectivity index (χ2v) is 6.46. The molecule has 125 valence electrons. The molecular formula is C20H18B3O3. The summed E-state index contributed by atoms with van der Waals surface area (Å²) in [6.07, 6.45) is 1.47. The van der Waals surface area contributed by atoms with Crippen LogP contribution < -0.4 is 15.6 Å². The van der Waals surface area contributed by atoms with Gasteiger partial charge in [-0.1, -0.05) is 72.8 Å². The van der Waals surface area contributed by atoms with Crippen LogP contribution in [-0.4, -0.2) is 26.5 Å². The zero-order valence-corrected chi connectivity index (χ0v) is 14.4. The Morgan fingerprint density at radius 3 is 2.00 bits per heavy atom. The van der Waals surface area contributed by atoms with Gasteiger partial charge >= 0.3 is 21.5 Å². The van der Waals surface area contributed by atoms with E-state index in [0.29, 0.717) is 12.1 Å². The van der Waals surface area contributed by atoms with E-state index in [-0.39, 0.29) is 13.8 Å². The molecule has 1 radical (unpaired) electrons. The van der Waals surface area contributed by atoms with Gasteiger partial charge in [0.05, 0.1) is 0 Å². The quantitative estimate of drug-likeness (QED) is 0.734. The first-order valence-electron chi connectivity index (χ1n) is 8.84. The van der Waals surface area contributed by atoms with E-state index in [1.54, 1.807) is 0 Å². The molecule has 0 unspecified atom stereocenters. The predicted molar refractivity (Wildman–Crippen MR) is 107 cm³/mol. The van der Waals surface area contributed by atoms with Crippen molar-refractivity contribution in [3.63, 3.8) is 0 Å². The van der Waals surface area contributed by atoms with Crippen LogP contribution in [0.5, 0.6) is 5.75 Å². The molecule has 0 aromatic heterocycles. The van der Waals surface area contributed by atoms with Gasteiger partial charge in [-0.05, 0) is 40.8 Å². The zero-order valence-electron chi connectivity index (χ0n) is 14.4. The first-order valence-corrected chi connectivity index (χ1v) is 8.84. The fraction of sp³-hybridized carbons (Fsp3) is 0.100. The van der Waals surface area contributed by atoms with Crippen molar-refractivity contribution in [2.75, 3.05) is 0 Å². The van der Waals surface area contributed by atoms with Gasteiger partial charge in [0.15, 0.2) is 0 Å². The number of hydrogen-bond acceptors (Lipinski definition) is 3. The van der Waals surface area contributed by atoms with Gasteiger partial charge in [0, 0.05) is 0 Å². The minimum Gasteiger partial charge on any atom is -0.537 e. The van der Waals surface area contributed by atoms with Gasteiger partial charge < -0.3 is 14.3 Å². The van der Waals surface area contributed by atoms with Crippen molar-refractivity contribution in [1.82, 2.24) is 0 Å². The number of rotatable bonds is 4. The molecule has 0 saturated heterocycles. The van der Waals surface area contributed by atoms with Crippen LogP contribution in [0.25, 0.3) is 0 Å². The highest BCUT2D eigenvalue weighted by Crippen LogP contribution is 2.27. The maximum Gasteiger partial charge on any atom is 0.569 e. The molecule has 0 atom stereocenters. The van der Waals surface area contributed by atoms with Crippen LogP contribution in [0, 0.1) is 0 Å². The molecule has 0 saturated carbocycles. The summed E-state index contributed by atoms with van der Waals surface area (Å²) in [4.78, 5) is 0. The Morgan fingerprint density at radius 2 is 1.38 bits per heavy atom. The monoisotopic (exact) mass is 339 g/mol. The summed E-state index contributed by atoms with van der Waals surface area (Å²) >= 11 is 0. The fourth-order valence-corrected chi connectivity index (χ4v) is 3.61. The van der Waals surface area contributed by atoms with Crippen LogP contribution in [0.4, 0.5) is 0 Å². The van der Waals surface area contributed by atoms with Crippen LogP contribution in [-0.2, 0) is 17.2 Å². The summed E-state index contributed by atoms with van der Waals surface area (Å²) in [7, 11) is 0.744. The highest BCUT2D eigenvalue weighted by molar-refractivity contribution is 6.80. The molecule has 4 rings (SSSR count). The van der Waals surface area contributed by atoms with Crippen molar-refractivity contribution in [2.24, 2.45) is 0 Å². The summed E-state index contributed by atoms with van der Waals surface area (Å²) in [5, 5.41) is 9.13. The maximum atomic E-state index is 9.13. The first kappa shape index (κ1) is 17.0. The molecule has 3 aromatic carbocycles. The molecule has 1 heterocycles. The third-order valence-electron chi connectivity index (χ3n) is 4.88. The largest absolute Gasteiger partial charge is 0.569 e. The Hall–Kier alpha value is -2.43. The molecule has 0 fully saturated rings. The van der Waals surface area contributed by atoms with Crippen molar-refractivity contribution < 1.29 is 14.3 Å². The summed E-state index contributed by atoms with van der Waals surface area (Å²) in [5.41, 5.74) is 4.59. The zero-order chi connectivity index (χ0) is 17.8. The SMILES string of the molecule is O[B]Oc1cccc2c1CB(c1ccccc1)OB(c1ccccc1)C2. The van der Waals surface area contributed by atoms with Gasteiger partial charge in [-0.3, -0.25) is 0 Å². The summed E-state index contributed by atoms with van der Waals surface area (Å²) in [5.74, 6) is 0.684. The average molecular weight is 339 g/mol. The van der Waals surface area contributed by atoms with Crippen molar-refractivity contribution in [2.45, 2.75) is 12.6 Å². The molecule has 3 aromatic rings. The second-order valence-electron chi connectivity index (χ2n) is 6.46. The Labute approximate surface area is 155 Å². The molecule has 1 aliphatic heterocycles. The molecule has 26 heavy (non-hydrogen) atoms. The molecular weight excluding hydrogens is 321 g/mol. The van der Waals surface area contributed by atoms with Gasteiger partial charge in [0.2, 0.25) is 0 Å². The van der Waals surface area contributed by atoms with Gasteiger partial charge in [0.25, 0.3) is 0 Å². The molecule has 0 spiro atoms. The van der Waals surface area contributed by atoms with Gasteiger partial charge in [-0.25, -0.2) is 0 Å². The van der Waals surface area contributed by atoms with Gasteiger partial charge in [-0.2, -0.15) is 0 Å². The van der Waals surface area contributed by atoms with E-state index in [1.807, 2.05) is 48.5 Å². The summed E-state index contributed by atoms with van der Waals surface area (Å²) < 4.78 is 11.9. The van der Waals surface area contributed by atoms with Crippen molar-refractivity contribution in [3.8, 4) is 5.75 Å². The van der Waals surface area contributed by atoms with E-state index < -0.39 is 0 Å². The highest BCUT2D eigenvalue weighted by atomic mass is 16.5. The van der Waals surface area contributed by atoms with E-state index in [0.717, 1.165) is 25.0 Å². The lowest BCUT2D eigenvalue weighted by Gasteiger charge is -2.18. The summed E-state index contributed by atoms with van der Waals surface area (Å²) in [6, 6.07) is 26.6. The minimum atomic E-state index is -0.0777. The van der Waals surface area contributed by atoms with E-state index in [2.05, 4.69) is 30.3 Å². The van der Waals surface area contributed by atoms with Crippen LogP contribution in [0.15, 0.2) is 78.9 Å². The normalized spacial score (nSPS) is 13.7. The molecule has 0 aliphatic carbocycles. The van der Waals surface area contributed by atoms with Crippen molar-refractivity contribution >= 4 is 32.4 Å². The topological polar surface area (TPSA) is 38.7 Å². The smallest absolute Gasteiger partial charge is 0.537 e. The highest BCUT2D eigenvalue weighted by Gasteiger charge is 2.33. The van der Waals surface area contributed by atoms with Crippen LogP contribution >= 0.6 is 0 Å². The van der Waals surface area contributed by atoms with E-state index in [9.17, 15) is 0 Å². The lowest BCUT2D eigenvalue weighted by molar-refractivity contribution is 0.451. The van der Waals surface area contributed by atoms with Crippen molar-refractivity contribution in [3.05, 3.63) is 90.0 Å². The lowest BCUT2D eigenvalue weighted by Crippen LogP contribution is -2.45. The Balaban J connectivity index is 1.77. The molecule has 6 heteroatoms. The van der Waals surface area contributed by atoms with Gasteiger partial charge in [-0.15, -0.1) is 0 Å². The number of benzene rings is 3. The predicted octanol–water partition coefficient (Wildman–Crippen LogP) is 1.58. The standard InChI is InChI=1S/C20H18B3O3/c24-21-25-20-13-7-8-16-14-22(17-9-3-1-4-10-17)26-23(15-19(16)20)18-11-5-2-6-12-18/h1-13,24H,14-15H2. The third kappa shape index (κ3) is 3.57. The minimum absolute atomic E-state index is 0.0315. The van der Waals surface area contributed by atoms with E-state index in [4.69, 9.17) is 14.3 Å². The average Bonchev–Trinajstić information content (AvgIpc) is 2.90. The Kier molecular flexibility index (Phi) is 5.14. The molecule has 3 nitrogen and oxygen atoms in total. The molecule has 0 amide bonds. The van der Waals surface area contributed by atoms with Crippen LogP contribution in [0.1, 0.15) is 11.1 Å². The molecule has 0 bridgehead atoms. The lowest BCUT2D eigenvalue weighted by atomic mass is 9.51. The Bertz CT molecular complexity index is 859. The third-order valence-corrected chi connectivity index (χ3v) is 4.88.